The van der Waals surface area contributed by atoms with Crippen LogP contribution in [0.4, 0.5) is 5.82 Å². The predicted molar refractivity (Wildman–Crippen MR) is 136 cm³/mol. The van der Waals surface area contributed by atoms with Gasteiger partial charge in [0.1, 0.15) is 11.3 Å². The van der Waals surface area contributed by atoms with Crippen molar-refractivity contribution in [2.24, 2.45) is 12.5 Å². The van der Waals surface area contributed by atoms with Gasteiger partial charge in [0.05, 0.1) is 35.0 Å². The normalized spacial score (nSPS) is 14.7. The van der Waals surface area contributed by atoms with Crippen molar-refractivity contribution in [2.45, 2.75) is 27.2 Å². The fraction of sp³-hybridized carbons (Fsp3) is 0.400. The third kappa shape index (κ3) is 4.86. The minimum absolute atomic E-state index is 0.00219. The van der Waals surface area contributed by atoms with E-state index in [1.807, 2.05) is 42.7 Å². The summed E-state index contributed by atoms with van der Waals surface area (Å²) in [5.41, 5.74) is 3.94. The molecular weight excluding hydrogens is 464 g/mol. The topological polar surface area (TPSA) is 84.5 Å². The lowest BCUT2D eigenvalue weighted by Gasteiger charge is -2.36. The Balaban J connectivity index is 1.37. The molecule has 182 valence electrons. The average Bonchev–Trinajstić information content (AvgIpc) is 3.43. The number of hydrogen-bond acceptors (Lipinski definition) is 6. The largest absolute Gasteiger partial charge is 0.353 e. The predicted octanol–water partition coefficient (Wildman–Crippen LogP) is 3.93. The number of rotatable bonds is 4. The van der Waals surface area contributed by atoms with Gasteiger partial charge in [-0.15, -0.1) is 0 Å². The molecule has 5 heterocycles. The summed E-state index contributed by atoms with van der Waals surface area (Å²) in [5, 5.41) is 9.18. The number of amides is 1. The van der Waals surface area contributed by atoms with Gasteiger partial charge in [0.25, 0.3) is 0 Å². The first-order valence-corrected chi connectivity index (χ1v) is 12.1. The fourth-order valence-electron chi connectivity index (χ4n) is 4.34. The number of aryl methyl sites for hydroxylation is 1. The first-order valence-electron chi connectivity index (χ1n) is 11.7. The molecule has 1 aliphatic rings. The first kappa shape index (κ1) is 23.3. The Morgan fingerprint density at radius 3 is 2.40 bits per heavy atom. The summed E-state index contributed by atoms with van der Waals surface area (Å²) in [7, 11) is 1.87. The van der Waals surface area contributed by atoms with Crippen LogP contribution in [0.5, 0.6) is 0 Å². The Kier molecular flexibility index (Phi) is 5.96. The van der Waals surface area contributed by atoms with E-state index in [2.05, 4.69) is 35.9 Å². The molecule has 1 fully saturated rings. The Bertz CT molecular complexity index is 1360. The Morgan fingerprint density at radius 1 is 1.00 bits per heavy atom. The van der Waals surface area contributed by atoms with Gasteiger partial charge < -0.3 is 9.80 Å². The summed E-state index contributed by atoms with van der Waals surface area (Å²) >= 11 is 6.46. The Morgan fingerprint density at radius 2 is 1.77 bits per heavy atom. The molecule has 35 heavy (non-hydrogen) atoms. The highest BCUT2D eigenvalue weighted by atomic mass is 35.5. The van der Waals surface area contributed by atoms with E-state index in [1.54, 1.807) is 21.6 Å². The number of piperazine rings is 1. The fourth-order valence-corrected chi connectivity index (χ4v) is 4.56. The summed E-state index contributed by atoms with van der Waals surface area (Å²) in [6, 6.07) is 4.01. The van der Waals surface area contributed by atoms with Crippen molar-refractivity contribution in [3.63, 3.8) is 0 Å². The number of hydrogen-bond donors (Lipinski definition) is 0. The zero-order chi connectivity index (χ0) is 24.7. The van der Waals surface area contributed by atoms with Gasteiger partial charge in [-0.25, -0.2) is 14.5 Å². The first-order chi connectivity index (χ1) is 16.7. The monoisotopic (exact) mass is 492 g/mol. The van der Waals surface area contributed by atoms with Crippen molar-refractivity contribution in [3.05, 3.63) is 48.1 Å². The number of pyridine rings is 1. The van der Waals surface area contributed by atoms with Crippen LogP contribution < -0.4 is 4.90 Å². The number of anilines is 1. The molecule has 0 aliphatic carbocycles. The minimum atomic E-state index is -0.00219. The van der Waals surface area contributed by atoms with E-state index in [4.69, 9.17) is 21.6 Å². The lowest BCUT2D eigenvalue weighted by molar-refractivity contribution is -0.133. The second-order valence-corrected chi connectivity index (χ2v) is 10.6. The van der Waals surface area contributed by atoms with E-state index < -0.39 is 0 Å². The van der Waals surface area contributed by atoms with Crippen molar-refractivity contribution >= 4 is 28.8 Å². The molecule has 0 N–H and O–H groups in total. The minimum Gasteiger partial charge on any atom is -0.353 e. The van der Waals surface area contributed by atoms with Gasteiger partial charge in [-0.3, -0.25) is 9.48 Å². The maximum atomic E-state index is 12.6. The van der Waals surface area contributed by atoms with Gasteiger partial charge >= 0.3 is 0 Å². The quantitative estimate of drug-likeness (QED) is 0.429. The third-order valence-corrected chi connectivity index (χ3v) is 6.39. The lowest BCUT2D eigenvalue weighted by atomic mass is 9.91. The molecule has 0 bridgehead atoms. The van der Waals surface area contributed by atoms with Gasteiger partial charge in [-0.1, -0.05) is 32.4 Å². The van der Waals surface area contributed by atoms with E-state index in [0.29, 0.717) is 30.2 Å². The third-order valence-electron chi connectivity index (χ3n) is 6.11. The molecular formula is C25H29ClN8O. The van der Waals surface area contributed by atoms with E-state index in [9.17, 15) is 4.79 Å². The van der Waals surface area contributed by atoms with Crippen molar-refractivity contribution in [2.75, 3.05) is 31.1 Å². The molecule has 1 saturated heterocycles. The molecule has 9 nitrogen and oxygen atoms in total. The zero-order valence-corrected chi connectivity index (χ0v) is 21.2. The summed E-state index contributed by atoms with van der Waals surface area (Å²) in [6.45, 7) is 9.22. The second-order valence-electron chi connectivity index (χ2n) is 10.2. The maximum absolute atomic E-state index is 12.6. The van der Waals surface area contributed by atoms with Gasteiger partial charge in [-0.05, 0) is 17.5 Å². The summed E-state index contributed by atoms with van der Waals surface area (Å²) in [5.74, 6) is 1.11. The maximum Gasteiger partial charge on any atom is 0.223 e. The van der Waals surface area contributed by atoms with E-state index in [-0.39, 0.29) is 11.3 Å². The van der Waals surface area contributed by atoms with Crippen LogP contribution in [0.2, 0.25) is 5.02 Å². The summed E-state index contributed by atoms with van der Waals surface area (Å²) < 4.78 is 3.48. The summed E-state index contributed by atoms with van der Waals surface area (Å²) in [6.07, 6.45) is 9.55. The van der Waals surface area contributed by atoms with Crippen LogP contribution in [-0.4, -0.2) is 66.3 Å². The Hall–Kier alpha value is -3.46. The molecule has 0 spiro atoms. The number of halogens is 1. The highest BCUT2D eigenvalue weighted by Gasteiger charge is 2.25. The molecule has 0 unspecified atom stereocenters. The summed E-state index contributed by atoms with van der Waals surface area (Å²) in [4.78, 5) is 26.4. The molecule has 4 aromatic heterocycles. The van der Waals surface area contributed by atoms with Crippen LogP contribution in [0.15, 0.2) is 43.1 Å². The van der Waals surface area contributed by atoms with Crippen LogP contribution in [0, 0.1) is 5.41 Å². The van der Waals surface area contributed by atoms with Crippen LogP contribution in [-0.2, 0) is 11.8 Å². The number of nitrogens with zero attached hydrogens (tertiary/aromatic N) is 8. The molecule has 4 aromatic rings. The van der Waals surface area contributed by atoms with Crippen LogP contribution in [0.25, 0.3) is 28.0 Å². The van der Waals surface area contributed by atoms with E-state index in [0.717, 1.165) is 41.2 Å². The van der Waals surface area contributed by atoms with Crippen molar-refractivity contribution in [3.8, 4) is 22.5 Å². The molecule has 0 atom stereocenters. The molecule has 0 radical (unpaired) electrons. The number of aromatic nitrogens is 6. The smallest absolute Gasteiger partial charge is 0.223 e. The van der Waals surface area contributed by atoms with E-state index >= 15 is 0 Å². The number of carbonyl (C=O) groups excluding carboxylic acids is 1. The van der Waals surface area contributed by atoms with Crippen molar-refractivity contribution in [1.29, 1.82) is 0 Å². The molecule has 5 rings (SSSR count). The van der Waals surface area contributed by atoms with Crippen LogP contribution in [0.3, 0.4) is 0 Å². The zero-order valence-electron chi connectivity index (χ0n) is 20.4. The molecule has 0 aromatic carbocycles. The second kappa shape index (κ2) is 8.96. The SMILES string of the molecule is Cn1cc(-c2cn3ncc(Cl)c3c(-c3ccc(N4CCN(C(=O)CC(C)(C)C)CC4)nc3)n2)cn1. The number of carbonyl (C=O) groups is 1. The van der Waals surface area contributed by atoms with Gasteiger partial charge in [0.2, 0.25) is 5.91 Å². The Labute approximate surface area is 209 Å². The van der Waals surface area contributed by atoms with Crippen molar-refractivity contribution < 1.29 is 4.79 Å². The van der Waals surface area contributed by atoms with Crippen molar-refractivity contribution in [1.82, 2.24) is 34.3 Å². The standard InChI is InChI=1S/C25H29ClN8O/c1-25(2,3)11-22(35)33-9-7-32(8-10-33)21-6-5-17(12-27-21)23-24-19(26)14-29-34(24)16-20(30-23)18-13-28-31(4)15-18/h5-6,12-16H,7-11H2,1-4H3. The molecule has 0 saturated carbocycles. The van der Waals surface area contributed by atoms with Gasteiger partial charge in [0, 0.05) is 63.2 Å². The molecule has 1 aliphatic heterocycles. The molecule has 1 amide bonds. The lowest BCUT2D eigenvalue weighted by Crippen LogP contribution is -2.49. The number of fused-ring (bicyclic) bond motifs is 1. The molecule has 10 heteroatoms. The highest BCUT2D eigenvalue weighted by molar-refractivity contribution is 6.34. The van der Waals surface area contributed by atoms with E-state index in [1.165, 1.54) is 0 Å². The highest BCUT2D eigenvalue weighted by Crippen LogP contribution is 2.31. The van der Waals surface area contributed by atoms with Crippen LogP contribution in [0.1, 0.15) is 27.2 Å². The van der Waals surface area contributed by atoms with Gasteiger partial charge in [-0.2, -0.15) is 10.2 Å². The average molecular weight is 493 g/mol. The van der Waals surface area contributed by atoms with Gasteiger partial charge in [0.15, 0.2) is 0 Å². The van der Waals surface area contributed by atoms with Crippen LogP contribution >= 0.6 is 11.6 Å².